The smallest absolute Gasteiger partial charge is 0.123 e. The van der Waals surface area contributed by atoms with E-state index in [0.29, 0.717) is 5.69 Å². The molecule has 0 aliphatic carbocycles. The van der Waals surface area contributed by atoms with Gasteiger partial charge in [0.15, 0.2) is 0 Å². The summed E-state index contributed by atoms with van der Waals surface area (Å²) in [4.78, 5) is 7.88. The Kier molecular flexibility index (Phi) is 3.79. The third-order valence-electron chi connectivity index (χ3n) is 1.94. The molecule has 0 spiro atoms. The summed E-state index contributed by atoms with van der Waals surface area (Å²) < 4.78 is 5.10. The van der Waals surface area contributed by atoms with E-state index in [-0.39, 0.29) is 6.10 Å². The molecule has 2 atom stereocenters. The zero-order valence-electron chi connectivity index (χ0n) is 7.84. The van der Waals surface area contributed by atoms with Gasteiger partial charge in [-0.2, -0.15) is 0 Å². The van der Waals surface area contributed by atoms with Gasteiger partial charge in [0.1, 0.15) is 6.10 Å². The Balaban J connectivity index is 2.72. The topological polar surface area (TPSA) is 55.2 Å². The van der Waals surface area contributed by atoms with Gasteiger partial charge in [-0.3, -0.25) is 9.97 Å². The molecule has 72 valence electrons. The molecule has 0 aromatic carbocycles. The SMILES string of the molecule is CCC(OC)C(O)c1cnccn1. The minimum atomic E-state index is -0.691. The number of ether oxygens (including phenoxy) is 1. The van der Waals surface area contributed by atoms with Crippen molar-refractivity contribution in [1.82, 2.24) is 9.97 Å². The van der Waals surface area contributed by atoms with Crippen molar-refractivity contribution in [3.05, 3.63) is 24.3 Å². The monoisotopic (exact) mass is 182 g/mol. The van der Waals surface area contributed by atoms with Gasteiger partial charge in [-0.1, -0.05) is 6.92 Å². The second-order valence-electron chi connectivity index (χ2n) is 2.76. The molecule has 0 saturated heterocycles. The molecule has 1 rings (SSSR count). The molecule has 1 N–H and O–H groups in total. The Morgan fingerprint density at radius 1 is 1.54 bits per heavy atom. The van der Waals surface area contributed by atoms with Crippen molar-refractivity contribution in [2.45, 2.75) is 25.6 Å². The summed E-state index contributed by atoms with van der Waals surface area (Å²) in [6.45, 7) is 1.95. The lowest BCUT2D eigenvalue weighted by Gasteiger charge is -2.18. The number of rotatable bonds is 4. The van der Waals surface area contributed by atoms with E-state index in [4.69, 9.17) is 4.74 Å². The molecule has 0 radical (unpaired) electrons. The van der Waals surface area contributed by atoms with Crippen LogP contribution in [-0.2, 0) is 4.74 Å². The summed E-state index contributed by atoms with van der Waals surface area (Å²) >= 11 is 0. The summed E-state index contributed by atoms with van der Waals surface area (Å²) in [5, 5.41) is 9.75. The third-order valence-corrected chi connectivity index (χ3v) is 1.94. The van der Waals surface area contributed by atoms with Crippen LogP contribution in [0.3, 0.4) is 0 Å². The maximum atomic E-state index is 9.75. The molecule has 13 heavy (non-hydrogen) atoms. The molecule has 0 aliphatic heterocycles. The van der Waals surface area contributed by atoms with E-state index in [9.17, 15) is 5.11 Å². The highest BCUT2D eigenvalue weighted by Gasteiger charge is 2.19. The van der Waals surface area contributed by atoms with Crippen LogP contribution >= 0.6 is 0 Å². The van der Waals surface area contributed by atoms with Crippen molar-refractivity contribution >= 4 is 0 Å². The van der Waals surface area contributed by atoms with E-state index in [0.717, 1.165) is 6.42 Å². The molecular weight excluding hydrogens is 168 g/mol. The highest BCUT2D eigenvalue weighted by Crippen LogP contribution is 2.17. The van der Waals surface area contributed by atoms with Gasteiger partial charge >= 0.3 is 0 Å². The fourth-order valence-corrected chi connectivity index (χ4v) is 1.17. The zero-order valence-corrected chi connectivity index (χ0v) is 7.84. The van der Waals surface area contributed by atoms with E-state index in [1.165, 1.54) is 0 Å². The lowest BCUT2D eigenvalue weighted by Crippen LogP contribution is -2.20. The van der Waals surface area contributed by atoms with Crippen LogP contribution in [0.4, 0.5) is 0 Å². The fourth-order valence-electron chi connectivity index (χ4n) is 1.17. The van der Waals surface area contributed by atoms with Crippen LogP contribution in [0.1, 0.15) is 25.1 Å². The molecule has 0 bridgehead atoms. The van der Waals surface area contributed by atoms with Crippen molar-refractivity contribution in [3.8, 4) is 0 Å². The lowest BCUT2D eigenvalue weighted by atomic mass is 10.1. The summed E-state index contributed by atoms with van der Waals surface area (Å²) in [7, 11) is 1.58. The minimum Gasteiger partial charge on any atom is -0.384 e. The minimum absolute atomic E-state index is 0.211. The Bertz CT molecular complexity index is 237. The van der Waals surface area contributed by atoms with Crippen LogP contribution < -0.4 is 0 Å². The maximum absolute atomic E-state index is 9.75. The standard InChI is InChI=1S/C9H14N2O2/c1-3-8(13-2)9(12)7-6-10-4-5-11-7/h4-6,8-9,12H,3H2,1-2H3. The molecule has 4 nitrogen and oxygen atoms in total. The van der Waals surface area contributed by atoms with Crippen LogP contribution in [0, 0.1) is 0 Å². The average Bonchev–Trinajstić information content (AvgIpc) is 2.21. The molecule has 0 fully saturated rings. The fraction of sp³-hybridized carbons (Fsp3) is 0.556. The molecule has 1 aromatic rings. The Hall–Kier alpha value is -1.00. The van der Waals surface area contributed by atoms with Crippen LogP contribution in [0.5, 0.6) is 0 Å². The number of nitrogens with zero attached hydrogens (tertiary/aromatic N) is 2. The van der Waals surface area contributed by atoms with E-state index in [2.05, 4.69) is 9.97 Å². The summed E-state index contributed by atoms with van der Waals surface area (Å²) in [6.07, 6.45) is 4.52. The van der Waals surface area contributed by atoms with Crippen LogP contribution in [-0.4, -0.2) is 28.3 Å². The first-order valence-electron chi connectivity index (χ1n) is 4.26. The number of aliphatic hydroxyl groups is 1. The second-order valence-corrected chi connectivity index (χ2v) is 2.76. The maximum Gasteiger partial charge on any atom is 0.123 e. The van der Waals surface area contributed by atoms with Gasteiger partial charge in [0.2, 0.25) is 0 Å². The lowest BCUT2D eigenvalue weighted by molar-refractivity contribution is -0.0171. The van der Waals surface area contributed by atoms with Gasteiger partial charge < -0.3 is 9.84 Å². The second kappa shape index (κ2) is 4.89. The predicted molar refractivity (Wildman–Crippen MR) is 48.1 cm³/mol. The van der Waals surface area contributed by atoms with Crippen LogP contribution in [0.25, 0.3) is 0 Å². The van der Waals surface area contributed by atoms with Crippen molar-refractivity contribution in [3.63, 3.8) is 0 Å². The molecule has 2 unspecified atom stereocenters. The van der Waals surface area contributed by atoms with E-state index >= 15 is 0 Å². The van der Waals surface area contributed by atoms with Crippen molar-refractivity contribution in [1.29, 1.82) is 0 Å². The van der Waals surface area contributed by atoms with Gasteiger partial charge in [0, 0.05) is 19.5 Å². The van der Waals surface area contributed by atoms with Crippen molar-refractivity contribution in [2.75, 3.05) is 7.11 Å². The molecule has 0 saturated carbocycles. The summed E-state index contributed by atoms with van der Waals surface area (Å²) in [5.74, 6) is 0. The van der Waals surface area contributed by atoms with Gasteiger partial charge in [-0.15, -0.1) is 0 Å². The highest BCUT2D eigenvalue weighted by molar-refractivity contribution is 5.01. The Morgan fingerprint density at radius 3 is 2.77 bits per heavy atom. The molecule has 0 aliphatic rings. The van der Waals surface area contributed by atoms with Gasteiger partial charge in [-0.05, 0) is 6.42 Å². The summed E-state index contributed by atoms with van der Waals surface area (Å²) in [5.41, 5.74) is 0.552. The number of hydrogen-bond acceptors (Lipinski definition) is 4. The molecule has 4 heteroatoms. The number of aromatic nitrogens is 2. The van der Waals surface area contributed by atoms with E-state index in [1.807, 2.05) is 6.92 Å². The van der Waals surface area contributed by atoms with Gasteiger partial charge in [0.05, 0.1) is 18.0 Å². The third kappa shape index (κ3) is 2.47. The predicted octanol–water partition coefficient (Wildman–Crippen LogP) is 0.935. The molecule has 1 aromatic heterocycles. The first-order valence-corrected chi connectivity index (χ1v) is 4.26. The largest absolute Gasteiger partial charge is 0.384 e. The van der Waals surface area contributed by atoms with Crippen molar-refractivity contribution < 1.29 is 9.84 Å². The first-order chi connectivity index (χ1) is 6.29. The summed E-state index contributed by atoms with van der Waals surface area (Å²) in [6, 6.07) is 0. The van der Waals surface area contributed by atoms with Gasteiger partial charge in [0.25, 0.3) is 0 Å². The highest BCUT2D eigenvalue weighted by atomic mass is 16.5. The van der Waals surface area contributed by atoms with Crippen LogP contribution in [0.2, 0.25) is 0 Å². The quantitative estimate of drug-likeness (QED) is 0.752. The normalized spacial score (nSPS) is 15.3. The molecule has 1 heterocycles. The van der Waals surface area contributed by atoms with E-state index < -0.39 is 6.10 Å². The Labute approximate surface area is 77.6 Å². The number of aliphatic hydroxyl groups excluding tert-OH is 1. The first kappa shape index (κ1) is 10.1. The molecule has 0 amide bonds. The number of hydrogen-bond donors (Lipinski definition) is 1. The Morgan fingerprint density at radius 2 is 2.31 bits per heavy atom. The van der Waals surface area contributed by atoms with Crippen molar-refractivity contribution in [2.24, 2.45) is 0 Å². The van der Waals surface area contributed by atoms with E-state index in [1.54, 1.807) is 25.7 Å². The van der Waals surface area contributed by atoms with Gasteiger partial charge in [-0.25, -0.2) is 0 Å². The zero-order chi connectivity index (χ0) is 9.68. The molecular formula is C9H14N2O2. The van der Waals surface area contributed by atoms with Crippen LogP contribution in [0.15, 0.2) is 18.6 Å². The average molecular weight is 182 g/mol. The number of methoxy groups -OCH3 is 1.